The standard InChI is InChI=1S/C12H16ClNO/c1-9-2-7-12(15-9)8-14-11-5-3-10(13)4-6-11/h3-6,9,12,14H,2,7-8H2,1H3. The second kappa shape index (κ2) is 4.86. The number of hydrogen-bond donors (Lipinski definition) is 1. The summed E-state index contributed by atoms with van der Waals surface area (Å²) in [6, 6.07) is 7.76. The second-order valence-electron chi connectivity index (χ2n) is 4.03. The summed E-state index contributed by atoms with van der Waals surface area (Å²) in [6.07, 6.45) is 3.10. The number of hydrogen-bond acceptors (Lipinski definition) is 2. The van der Waals surface area contributed by atoms with Crippen LogP contribution >= 0.6 is 11.6 Å². The van der Waals surface area contributed by atoms with Crippen molar-refractivity contribution in [1.29, 1.82) is 0 Å². The summed E-state index contributed by atoms with van der Waals surface area (Å²) in [6.45, 7) is 3.01. The molecule has 1 N–H and O–H groups in total. The van der Waals surface area contributed by atoms with Gasteiger partial charge in [-0.25, -0.2) is 0 Å². The molecule has 0 aromatic heterocycles. The largest absolute Gasteiger partial charge is 0.382 e. The number of rotatable bonds is 3. The molecule has 15 heavy (non-hydrogen) atoms. The maximum Gasteiger partial charge on any atom is 0.0751 e. The molecule has 1 aliphatic rings. The molecule has 0 saturated carbocycles. The molecule has 0 bridgehead atoms. The Labute approximate surface area is 95.6 Å². The molecule has 2 nitrogen and oxygen atoms in total. The zero-order valence-electron chi connectivity index (χ0n) is 8.87. The van der Waals surface area contributed by atoms with E-state index in [1.54, 1.807) is 0 Å². The van der Waals surface area contributed by atoms with E-state index >= 15 is 0 Å². The number of anilines is 1. The lowest BCUT2D eigenvalue weighted by molar-refractivity contribution is 0.0637. The first-order valence-corrected chi connectivity index (χ1v) is 5.77. The number of halogens is 1. The molecule has 1 heterocycles. The summed E-state index contributed by atoms with van der Waals surface area (Å²) in [4.78, 5) is 0. The molecule has 1 aliphatic heterocycles. The van der Waals surface area contributed by atoms with E-state index in [-0.39, 0.29) is 0 Å². The average Bonchev–Trinajstić information content (AvgIpc) is 2.64. The molecule has 1 saturated heterocycles. The van der Waals surface area contributed by atoms with Gasteiger partial charge in [-0.2, -0.15) is 0 Å². The lowest BCUT2D eigenvalue weighted by Gasteiger charge is -2.13. The molecule has 0 spiro atoms. The van der Waals surface area contributed by atoms with Crippen LogP contribution in [0, 0.1) is 0 Å². The summed E-state index contributed by atoms with van der Waals surface area (Å²) in [5, 5.41) is 4.12. The quantitative estimate of drug-likeness (QED) is 0.852. The van der Waals surface area contributed by atoms with E-state index in [0.717, 1.165) is 23.7 Å². The van der Waals surface area contributed by atoms with Gasteiger partial charge in [0.25, 0.3) is 0 Å². The molecule has 2 rings (SSSR count). The van der Waals surface area contributed by atoms with Gasteiger partial charge < -0.3 is 10.1 Å². The first kappa shape index (κ1) is 10.8. The Morgan fingerprint density at radius 2 is 2.07 bits per heavy atom. The van der Waals surface area contributed by atoms with E-state index in [0.29, 0.717) is 12.2 Å². The molecule has 1 fully saturated rings. The van der Waals surface area contributed by atoms with E-state index in [1.165, 1.54) is 6.42 Å². The van der Waals surface area contributed by atoms with Crippen LogP contribution in [0.15, 0.2) is 24.3 Å². The third-order valence-electron chi connectivity index (χ3n) is 2.70. The van der Waals surface area contributed by atoms with Gasteiger partial charge in [0, 0.05) is 17.3 Å². The Bertz CT molecular complexity index is 312. The predicted molar refractivity (Wildman–Crippen MR) is 63.5 cm³/mol. The minimum atomic E-state index is 0.357. The van der Waals surface area contributed by atoms with Crippen LogP contribution in [0.1, 0.15) is 19.8 Å². The predicted octanol–water partition coefficient (Wildman–Crippen LogP) is 3.32. The van der Waals surface area contributed by atoms with Crippen molar-refractivity contribution in [3.63, 3.8) is 0 Å². The zero-order valence-corrected chi connectivity index (χ0v) is 9.63. The van der Waals surface area contributed by atoms with Crippen molar-refractivity contribution < 1.29 is 4.74 Å². The number of ether oxygens (including phenoxy) is 1. The van der Waals surface area contributed by atoms with E-state index in [4.69, 9.17) is 16.3 Å². The Hall–Kier alpha value is -0.730. The van der Waals surface area contributed by atoms with E-state index in [2.05, 4.69) is 12.2 Å². The molecular weight excluding hydrogens is 210 g/mol. The maximum absolute atomic E-state index is 5.81. The summed E-state index contributed by atoms with van der Waals surface area (Å²) in [5.41, 5.74) is 1.10. The Kier molecular flexibility index (Phi) is 3.49. The van der Waals surface area contributed by atoms with Gasteiger partial charge >= 0.3 is 0 Å². The van der Waals surface area contributed by atoms with Crippen LogP contribution in [-0.2, 0) is 4.74 Å². The van der Waals surface area contributed by atoms with Gasteiger partial charge in [-0.3, -0.25) is 0 Å². The van der Waals surface area contributed by atoms with Crippen molar-refractivity contribution >= 4 is 17.3 Å². The molecular formula is C12H16ClNO. The molecule has 82 valence electrons. The van der Waals surface area contributed by atoms with E-state index in [1.807, 2.05) is 24.3 Å². The fourth-order valence-corrected chi connectivity index (χ4v) is 1.96. The van der Waals surface area contributed by atoms with Crippen molar-refractivity contribution in [3.8, 4) is 0 Å². The van der Waals surface area contributed by atoms with Gasteiger partial charge in [-0.15, -0.1) is 0 Å². The van der Waals surface area contributed by atoms with Crippen LogP contribution in [0.4, 0.5) is 5.69 Å². The maximum atomic E-state index is 5.81. The van der Waals surface area contributed by atoms with Crippen LogP contribution in [0.25, 0.3) is 0 Å². The van der Waals surface area contributed by atoms with Gasteiger partial charge in [0.05, 0.1) is 12.2 Å². The van der Waals surface area contributed by atoms with Crippen molar-refractivity contribution in [2.45, 2.75) is 32.0 Å². The molecule has 0 amide bonds. The summed E-state index contributed by atoms with van der Waals surface area (Å²) in [7, 11) is 0. The summed E-state index contributed by atoms with van der Waals surface area (Å²) in [5.74, 6) is 0. The molecule has 1 aromatic carbocycles. The normalized spacial score (nSPS) is 25.5. The molecule has 2 atom stereocenters. The van der Waals surface area contributed by atoms with Gasteiger partial charge in [-0.05, 0) is 44.0 Å². The SMILES string of the molecule is CC1CCC(CNc2ccc(Cl)cc2)O1. The topological polar surface area (TPSA) is 21.3 Å². The third-order valence-corrected chi connectivity index (χ3v) is 2.95. The van der Waals surface area contributed by atoms with Crippen molar-refractivity contribution in [1.82, 2.24) is 0 Å². The molecule has 3 heteroatoms. The minimum Gasteiger partial charge on any atom is -0.382 e. The highest BCUT2D eigenvalue weighted by molar-refractivity contribution is 6.30. The molecule has 0 aliphatic carbocycles. The Morgan fingerprint density at radius 3 is 2.67 bits per heavy atom. The molecule has 0 radical (unpaired) electrons. The van der Waals surface area contributed by atoms with Crippen LogP contribution in [0.3, 0.4) is 0 Å². The van der Waals surface area contributed by atoms with Crippen LogP contribution in [0.5, 0.6) is 0 Å². The van der Waals surface area contributed by atoms with E-state index in [9.17, 15) is 0 Å². The summed E-state index contributed by atoms with van der Waals surface area (Å²) < 4.78 is 5.72. The number of benzene rings is 1. The van der Waals surface area contributed by atoms with Gasteiger partial charge in [0.15, 0.2) is 0 Å². The monoisotopic (exact) mass is 225 g/mol. The average molecular weight is 226 g/mol. The van der Waals surface area contributed by atoms with Gasteiger partial charge in [0.2, 0.25) is 0 Å². The highest BCUT2D eigenvalue weighted by Gasteiger charge is 2.20. The van der Waals surface area contributed by atoms with Crippen molar-refractivity contribution in [2.24, 2.45) is 0 Å². The highest BCUT2D eigenvalue weighted by Crippen LogP contribution is 2.20. The number of nitrogens with one attached hydrogen (secondary N) is 1. The van der Waals surface area contributed by atoms with Crippen LogP contribution < -0.4 is 5.32 Å². The van der Waals surface area contributed by atoms with Crippen molar-refractivity contribution in [3.05, 3.63) is 29.3 Å². The second-order valence-corrected chi connectivity index (χ2v) is 4.47. The fourth-order valence-electron chi connectivity index (χ4n) is 1.83. The zero-order chi connectivity index (χ0) is 10.7. The third kappa shape index (κ3) is 3.11. The fraction of sp³-hybridized carbons (Fsp3) is 0.500. The van der Waals surface area contributed by atoms with Crippen molar-refractivity contribution in [2.75, 3.05) is 11.9 Å². The highest BCUT2D eigenvalue weighted by atomic mass is 35.5. The minimum absolute atomic E-state index is 0.357. The van der Waals surface area contributed by atoms with E-state index < -0.39 is 0 Å². The Morgan fingerprint density at radius 1 is 1.33 bits per heavy atom. The lowest BCUT2D eigenvalue weighted by Crippen LogP contribution is -2.19. The molecule has 2 unspecified atom stereocenters. The smallest absolute Gasteiger partial charge is 0.0751 e. The van der Waals surface area contributed by atoms with Crippen LogP contribution in [-0.4, -0.2) is 18.8 Å². The summed E-state index contributed by atoms with van der Waals surface area (Å²) >= 11 is 5.81. The van der Waals surface area contributed by atoms with Gasteiger partial charge in [-0.1, -0.05) is 11.6 Å². The first-order chi connectivity index (χ1) is 7.24. The van der Waals surface area contributed by atoms with Crippen LogP contribution in [0.2, 0.25) is 5.02 Å². The van der Waals surface area contributed by atoms with Gasteiger partial charge in [0.1, 0.15) is 0 Å². The Balaban J connectivity index is 1.80. The lowest BCUT2D eigenvalue weighted by atomic mass is 10.2. The molecule has 1 aromatic rings. The first-order valence-electron chi connectivity index (χ1n) is 5.39.